The molecule has 0 N–H and O–H groups in total. The number of hydrogen-bond acceptors (Lipinski definition) is 8. The third kappa shape index (κ3) is 3.82. The van der Waals surface area contributed by atoms with Gasteiger partial charge in [-0.05, 0) is 31.4 Å². The van der Waals surface area contributed by atoms with Crippen molar-refractivity contribution in [3.05, 3.63) is 57.8 Å². The molecule has 150 valence electrons. The van der Waals surface area contributed by atoms with Gasteiger partial charge in [0.15, 0.2) is 10.1 Å². The molecular weight excluding hydrogens is 408 g/mol. The number of fused-ring (bicyclic) bond motifs is 1. The SMILES string of the molecule is O=c1cc(CSc2nnc(N3CCCCC3)n2Cc2ccco2)nc2sccn12. The van der Waals surface area contributed by atoms with Gasteiger partial charge >= 0.3 is 0 Å². The molecule has 4 aromatic heterocycles. The van der Waals surface area contributed by atoms with Crippen LogP contribution in [0.3, 0.4) is 0 Å². The minimum Gasteiger partial charge on any atom is -0.467 e. The van der Waals surface area contributed by atoms with Crippen LogP contribution in [0.15, 0.2) is 50.4 Å². The highest BCUT2D eigenvalue weighted by atomic mass is 32.2. The summed E-state index contributed by atoms with van der Waals surface area (Å²) in [6, 6.07) is 5.44. The normalized spacial score (nSPS) is 14.7. The largest absolute Gasteiger partial charge is 0.467 e. The third-order valence-corrected chi connectivity index (χ3v) is 6.69. The van der Waals surface area contributed by atoms with Crippen LogP contribution in [0.2, 0.25) is 0 Å². The predicted octanol–water partition coefficient (Wildman–Crippen LogP) is 3.27. The Hall–Kier alpha value is -2.59. The van der Waals surface area contributed by atoms with E-state index in [9.17, 15) is 4.79 Å². The highest BCUT2D eigenvalue weighted by molar-refractivity contribution is 7.98. The minimum atomic E-state index is -0.0575. The first-order chi connectivity index (χ1) is 14.3. The average Bonchev–Trinajstić information content (AvgIpc) is 3.49. The maximum Gasteiger partial charge on any atom is 0.258 e. The van der Waals surface area contributed by atoms with Gasteiger partial charge in [0, 0.05) is 36.5 Å². The van der Waals surface area contributed by atoms with Crippen molar-refractivity contribution in [2.75, 3.05) is 18.0 Å². The molecule has 5 heterocycles. The maximum absolute atomic E-state index is 12.2. The van der Waals surface area contributed by atoms with E-state index in [1.807, 2.05) is 17.5 Å². The van der Waals surface area contributed by atoms with Gasteiger partial charge in [-0.1, -0.05) is 11.8 Å². The zero-order chi connectivity index (χ0) is 19.6. The zero-order valence-electron chi connectivity index (χ0n) is 15.7. The number of piperidine rings is 1. The maximum atomic E-state index is 12.2. The molecule has 0 saturated carbocycles. The summed E-state index contributed by atoms with van der Waals surface area (Å²) >= 11 is 3.00. The van der Waals surface area contributed by atoms with Crippen molar-refractivity contribution >= 4 is 34.0 Å². The summed E-state index contributed by atoms with van der Waals surface area (Å²) in [5.74, 6) is 2.30. The van der Waals surface area contributed by atoms with Gasteiger partial charge in [-0.15, -0.1) is 21.5 Å². The highest BCUT2D eigenvalue weighted by Crippen LogP contribution is 2.27. The summed E-state index contributed by atoms with van der Waals surface area (Å²) in [6.45, 7) is 2.57. The molecule has 0 atom stereocenters. The summed E-state index contributed by atoms with van der Waals surface area (Å²) in [4.78, 5) is 19.8. The van der Waals surface area contributed by atoms with Gasteiger partial charge in [0.2, 0.25) is 5.95 Å². The van der Waals surface area contributed by atoms with Gasteiger partial charge in [0.05, 0.1) is 18.5 Å². The monoisotopic (exact) mass is 428 g/mol. The lowest BCUT2D eigenvalue weighted by molar-refractivity contribution is 0.479. The Morgan fingerprint density at radius 1 is 1.21 bits per heavy atom. The molecule has 0 aromatic carbocycles. The number of rotatable bonds is 6. The van der Waals surface area contributed by atoms with Crippen LogP contribution in [0.25, 0.3) is 4.96 Å². The Labute approximate surface area is 175 Å². The number of nitrogens with zero attached hydrogens (tertiary/aromatic N) is 6. The molecule has 5 rings (SSSR count). The topological polar surface area (TPSA) is 81.5 Å². The molecule has 0 bridgehead atoms. The number of hydrogen-bond donors (Lipinski definition) is 0. The van der Waals surface area contributed by atoms with Gasteiger partial charge < -0.3 is 9.32 Å². The van der Waals surface area contributed by atoms with Crippen molar-refractivity contribution in [2.45, 2.75) is 36.7 Å². The van der Waals surface area contributed by atoms with Crippen LogP contribution in [0.4, 0.5) is 5.95 Å². The second-order valence-corrected chi connectivity index (χ2v) is 8.74. The molecule has 1 aliphatic heterocycles. The summed E-state index contributed by atoms with van der Waals surface area (Å²) in [5, 5.41) is 11.6. The van der Waals surface area contributed by atoms with E-state index in [0.29, 0.717) is 17.3 Å². The van der Waals surface area contributed by atoms with Gasteiger partial charge in [0.1, 0.15) is 5.76 Å². The van der Waals surface area contributed by atoms with Crippen LogP contribution in [-0.2, 0) is 12.3 Å². The summed E-state index contributed by atoms with van der Waals surface area (Å²) in [5.41, 5.74) is 0.687. The second-order valence-electron chi connectivity index (χ2n) is 6.93. The Morgan fingerprint density at radius 2 is 2.10 bits per heavy atom. The number of furan rings is 1. The molecule has 0 radical (unpaired) electrons. The first-order valence-corrected chi connectivity index (χ1v) is 11.4. The van der Waals surface area contributed by atoms with Gasteiger partial charge in [-0.3, -0.25) is 13.8 Å². The molecule has 1 fully saturated rings. The van der Waals surface area contributed by atoms with E-state index in [1.54, 1.807) is 34.7 Å². The quantitative estimate of drug-likeness (QED) is 0.436. The van der Waals surface area contributed by atoms with E-state index in [4.69, 9.17) is 4.42 Å². The fourth-order valence-corrected chi connectivity index (χ4v) is 5.08. The van der Waals surface area contributed by atoms with E-state index < -0.39 is 0 Å². The summed E-state index contributed by atoms with van der Waals surface area (Å²) in [7, 11) is 0. The fourth-order valence-electron chi connectivity index (χ4n) is 3.51. The van der Waals surface area contributed by atoms with E-state index in [2.05, 4.69) is 24.6 Å². The number of aromatic nitrogens is 5. The zero-order valence-corrected chi connectivity index (χ0v) is 17.4. The van der Waals surface area contributed by atoms with Crippen molar-refractivity contribution in [1.29, 1.82) is 0 Å². The van der Waals surface area contributed by atoms with Crippen molar-refractivity contribution in [3.8, 4) is 0 Å². The highest BCUT2D eigenvalue weighted by Gasteiger charge is 2.21. The van der Waals surface area contributed by atoms with Crippen LogP contribution < -0.4 is 10.5 Å². The standard InChI is InChI=1S/C19H20N6O2S2/c26-16-11-14(20-18-24(16)8-10-28-18)13-29-19-22-21-17(23-6-2-1-3-7-23)25(19)12-15-5-4-9-27-15/h4-5,8-11H,1-3,6-7,12-13H2. The second kappa shape index (κ2) is 8.03. The molecule has 0 spiro atoms. The van der Waals surface area contributed by atoms with Crippen molar-refractivity contribution < 1.29 is 4.42 Å². The first-order valence-electron chi connectivity index (χ1n) is 9.57. The van der Waals surface area contributed by atoms with E-state index >= 15 is 0 Å². The number of anilines is 1. The van der Waals surface area contributed by atoms with Gasteiger partial charge in [-0.2, -0.15) is 0 Å². The average molecular weight is 429 g/mol. The molecule has 10 heteroatoms. The van der Waals surface area contributed by atoms with E-state index in [-0.39, 0.29) is 5.56 Å². The first kappa shape index (κ1) is 18.4. The van der Waals surface area contributed by atoms with Crippen LogP contribution in [-0.4, -0.2) is 37.2 Å². The Balaban J connectivity index is 1.42. The van der Waals surface area contributed by atoms with Crippen LogP contribution in [0.5, 0.6) is 0 Å². The van der Waals surface area contributed by atoms with Crippen molar-refractivity contribution in [2.24, 2.45) is 0 Å². The smallest absolute Gasteiger partial charge is 0.258 e. The van der Waals surface area contributed by atoms with Crippen LogP contribution in [0, 0.1) is 0 Å². The fraction of sp³-hybridized carbons (Fsp3) is 0.368. The van der Waals surface area contributed by atoms with Crippen molar-refractivity contribution in [3.63, 3.8) is 0 Å². The Morgan fingerprint density at radius 3 is 2.93 bits per heavy atom. The van der Waals surface area contributed by atoms with Gasteiger partial charge in [0.25, 0.3) is 5.56 Å². The lowest BCUT2D eigenvalue weighted by Gasteiger charge is -2.27. The molecule has 0 amide bonds. The van der Waals surface area contributed by atoms with Gasteiger partial charge in [-0.25, -0.2) is 4.98 Å². The molecule has 8 nitrogen and oxygen atoms in total. The Bertz CT molecular complexity index is 1160. The van der Waals surface area contributed by atoms with E-state index in [0.717, 1.165) is 35.6 Å². The molecule has 4 aromatic rings. The molecule has 1 aliphatic rings. The van der Waals surface area contributed by atoms with Crippen molar-refractivity contribution in [1.82, 2.24) is 24.1 Å². The minimum absolute atomic E-state index is 0.0575. The molecule has 1 saturated heterocycles. The molecule has 29 heavy (non-hydrogen) atoms. The third-order valence-electron chi connectivity index (χ3n) is 4.94. The van der Waals surface area contributed by atoms with E-state index in [1.165, 1.54) is 30.6 Å². The molecule has 0 unspecified atom stereocenters. The number of thioether (sulfide) groups is 1. The lowest BCUT2D eigenvalue weighted by Crippen LogP contribution is -2.32. The predicted molar refractivity (Wildman–Crippen MR) is 113 cm³/mol. The number of thiazole rings is 1. The summed E-state index contributed by atoms with van der Waals surface area (Å²) in [6.07, 6.45) is 7.03. The summed E-state index contributed by atoms with van der Waals surface area (Å²) < 4.78 is 9.23. The molecule has 0 aliphatic carbocycles. The lowest BCUT2D eigenvalue weighted by atomic mass is 10.1. The van der Waals surface area contributed by atoms with Crippen LogP contribution >= 0.6 is 23.1 Å². The van der Waals surface area contributed by atoms with Crippen LogP contribution in [0.1, 0.15) is 30.7 Å². The molecular formula is C19H20N6O2S2. The Kier molecular flexibility index (Phi) is 5.11.